The van der Waals surface area contributed by atoms with Crippen molar-refractivity contribution in [1.29, 1.82) is 0 Å². The molecule has 2 aromatic rings. The number of hydrogen-bond acceptors (Lipinski definition) is 3. The van der Waals surface area contributed by atoms with Crippen molar-refractivity contribution in [2.24, 2.45) is 0 Å². The SMILES string of the molecule is CC(=O)Nc1ccc(N2CCN(C(=O)Nc3cc(C)ccc3C)CC2)cc1. The number of aryl methyl sites for hydroxylation is 2. The second-order valence-corrected chi connectivity index (χ2v) is 6.95. The summed E-state index contributed by atoms with van der Waals surface area (Å²) in [6, 6.07) is 13.8. The van der Waals surface area contributed by atoms with Gasteiger partial charge in [-0.25, -0.2) is 4.79 Å². The largest absolute Gasteiger partial charge is 0.368 e. The topological polar surface area (TPSA) is 64.7 Å². The van der Waals surface area contributed by atoms with E-state index in [1.165, 1.54) is 6.92 Å². The van der Waals surface area contributed by atoms with Gasteiger partial charge >= 0.3 is 6.03 Å². The minimum absolute atomic E-state index is 0.0515. The summed E-state index contributed by atoms with van der Waals surface area (Å²) in [4.78, 5) is 27.8. The third-order valence-electron chi connectivity index (χ3n) is 4.75. The summed E-state index contributed by atoms with van der Waals surface area (Å²) in [5, 5.41) is 5.80. The van der Waals surface area contributed by atoms with E-state index in [2.05, 4.69) is 15.5 Å². The number of anilines is 3. The van der Waals surface area contributed by atoms with Crippen molar-refractivity contribution in [3.05, 3.63) is 53.6 Å². The molecule has 0 aliphatic carbocycles. The number of piperazine rings is 1. The van der Waals surface area contributed by atoms with Gasteiger partial charge in [-0.15, -0.1) is 0 Å². The maximum Gasteiger partial charge on any atom is 0.321 e. The summed E-state index contributed by atoms with van der Waals surface area (Å²) in [6.07, 6.45) is 0. The molecule has 142 valence electrons. The molecule has 3 rings (SSSR count). The van der Waals surface area contributed by atoms with E-state index < -0.39 is 0 Å². The molecule has 0 unspecified atom stereocenters. The molecule has 1 fully saturated rings. The molecular weight excluding hydrogens is 340 g/mol. The van der Waals surface area contributed by atoms with E-state index in [9.17, 15) is 9.59 Å². The molecule has 1 aliphatic heterocycles. The Morgan fingerprint density at radius 2 is 1.56 bits per heavy atom. The number of carbonyl (C=O) groups excluding carboxylic acids is 2. The van der Waals surface area contributed by atoms with Gasteiger partial charge in [-0.05, 0) is 55.3 Å². The van der Waals surface area contributed by atoms with Crippen LogP contribution in [0.4, 0.5) is 21.9 Å². The van der Waals surface area contributed by atoms with Crippen LogP contribution in [0, 0.1) is 13.8 Å². The average molecular weight is 366 g/mol. The summed E-state index contributed by atoms with van der Waals surface area (Å²) in [5.74, 6) is -0.0776. The Labute approximate surface area is 160 Å². The molecule has 0 spiro atoms. The first-order valence-corrected chi connectivity index (χ1v) is 9.18. The van der Waals surface area contributed by atoms with Crippen LogP contribution in [-0.2, 0) is 4.79 Å². The number of hydrogen-bond donors (Lipinski definition) is 2. The van der Waals surface area contributed by atoms with Gasteiger partial charge in [-0.3, -0.25) is 4.79 Å². The molecule has 2 aromatic carbocycles. The Kier molecular flexibility index (Phi) is 5.64. The van der Waals surface area contributed by atoms with Crippen molar-refractivity contribution >= 4 is 29.0 Å². The Morgan fingerprint density at radius 3 is 2.19 bits per heavy atom. The van der Waals surface area contributed by atoms with Gasteiger partial charge in [-0.1, -0.05) is 12.1 Å². The maximum atomic E-state index is 12.6. The van der Waals surface area contributed by atoms with Gasteiger partial charge in [0.1, 0.15) is 0 Å². The smallest absolute Gasteiger partial charge is 0.321 e. The van der Waals surface area contributed by atoms with E-state index in [0.29, 0.717) is 13.1 Å². The average Bonchev–Trinajstić information content (AvgIpc) is 2.65. The predicted octanol–water partition coefficient (Wildman–Crippen LogP) is 3.62. The van der Waals surface area contributed by atoms with E-state index in [-0.39, 0.29) is 11.9 Å². The van der Waals surface area contributed by atoms with Crippen LogP contribution in [0.25, 0.3) is 0 Å². The number of carbonyl (C=O) groups is 2. The minimum atomic E-state index is -0.0776. The lowest BCUT2D eigenvalue weighted by Gasteiger charge is -2.36. The Hall–Kier alpha value is -3.02. The van der Waals surface area contributed by atoms with Crippen LogP contribution in [0.5, 0.6) is 0 Å². The third kappa shape index (κ3) is 4.78. The first kappa shape index (κ1) is 18.8. The van der Waals surface area contributed by atoms with Crippen LogP contribution in [0.3, 0.4) is 0 Å². The fourth-order valence-corrected chi connectivity index (χ4v) is 3.19. The molecule has 6 heteroatoms. The summed E-state index contributed by atoms with van der Waals surface area (Å²) in [6.45, 7) is 8.41. The summed E-state index contributed by atoms with van der Waals surface area (Å²) in [7, 11) is 0. The second-order valence-electron chi connectivity index (χ2n) is 6.95. The summed E-state index contributed by atoms with van der Waals surface area (Å²) < 4.78 is 0. The fourth-order valence-electron chi connectivity index (χ4n) is 3.19. The lowest BCUT2D eigenvalue weighted by Crippen LogP contribution is -2.50. The number of amides is 3. The first-order valence-electron chi connectivity index (χ1n) is 9.18. The maximum absolute atomic E-state index is 12.6. The van der Waals surface area contributed by atoms with Crippen molar-refractivity contribution in [3.8, 4) is 0 Å². The number of rotatable bonds is 3. The molecular formula is C21H26N4O2. The molecule has 6 nitrogen and oxygen atoms in total. The van der Waals surface area contributed by atoms with Crippen molar-refractivity contribution in [2.75, 3.05) is 41.7 Å². The van der Waals surface area contributed by atoms with Crippen molar-refractivity contribution in [3.63, 3.8) is 0 Å². The second kappa shape index (κ2) is 8.12. The standard InChI is InChI=1S/C21H26N4O2/c1-15-4-5-16(2)20(14-15)23-21(27)25-12-10-24(11-13-25)19-8-6-18(7-9-19)22-17(3)26/h4-9,14H,10-13H2,1-3H3,(H,22,26)(H,23,27). The highest BCUT2D eigenvalue weighted by Crippen LogP contribution is 2.21. The van der Waals surface area contributed by atoms with E-state index in [1.807, 2.05) is 61.2 Å². The molecule has 2 N–H and O–H groups in total. The van der Waals surface area contributed by atoms with Crippen LogP contribution >= 0.6 is 0 Å². The highest BCUT2D eigenvalue weighted by Gasteiger charge is 2.21. The van der Waals surface area contributed by atoms with Gasteiger partial charge in [0, 0.05) is 50.2 Å². The van der Waals surface area contributed by atoms with E-state index in [4.69, 9.17) is 0 Å². The zero-order chi connectivity index (χ0) is 19.4. The fraction of sp³-hybridized carbons (Fsp3) is 0.333. The third-order valence-corrected chi connectivity index (χ3v) is 4.75. The van der Waals surface area contributed by atoms with Crippen LogP contribution in [0.15, 0.2) is 42.5 Å². The molecule has 1 heterocycles. The van der Waals surface area contributed by atoms with Crippen LogP contribution < -0.4 is 15.5 Å². The molecule has 3 amide bonds. The highest BCUT2D eigenvalue weighted by atomic mass is 16.2. The monoisotopic (exact) mass is 366 g/mol. The molecule has 0 saturated carbocycles. The van der Waals surface area contributed by atoms with E-state index >= 15 is 0 Å². The van der Waals surface area contributed by atoms with Gasteiger partial charge in [-0.2, -0.15) is 0 Å². The molecule has 0 bridgehead atoms. The summed E-state index contributed by atoms with van der Waals surface area (Å²) in [5.41, 5.74) is 4.95. The Morgan fingerprint density at radius 1 is 0.889 bits per heavy atom. The lowest BCUT2D eigenvalue weighted by atomic mass is 10.1. The quantitative estimate of drug-likeness (QED) is 0.872. The lowest BCUT2D eigenvalue weighted by molar-refractivity contribution is -0.114. The molecule has 1 aliphatic rings. The van der Waals surface area contributed by atoms with Crippen LogP contribution in [-0.4, -0.2) is 43.0 Å². The molecule has 0 radical (unpaired) electrons. The molecule has 27 heavy (non-hydrogen) atoms. The molecule has 0 atom stereocenters. The predicted molar refractivity (Wildman–Crippen MR) is 109 cm³/mol. The first-order chi connectivity index (χ1) is 12.9. The summed E-state index contributed by atoms with van der Waals surface area (Å²) >= 11 is 0. The zero-order valence-corrected chi connectivity index (χ0v) is 16.1. The Bertz CT molecular complexity index is 825. The molecule has 1 saturated heterocycles. The number of nitrogens with one attached hydrogen (secondary N) is 2. The van der Waals surface area contributed by atoms with Crippen molar-refractivity contribution in [2.45, 2.75) is 20.8 Å². The van der Waals surface area contributed by atoms with Gasteiger partial charge in [0.2, 0.25) is 5.91 Å². The van der Waals surface area contributed by atoms with Crippen LogP contribution in [0.1, 0.15) is 18.1 Å². The van der Waals surface area contributed by atoms with E-state index in [1.54, 1.807) is 0 Å². The minimum Gasteiger partial charge on any atom is -0.368 e. The van der Waals surface area contributed by atoms with Crippen molar-refractivity contribution < 1.29 is 9.59 Å². The molecule has 0 aromatic heterocycles. The van der Waals surface area contributed by atoms with Gasteiger partial charge in [0.25, 0.3) is 0 Å². The Balaban J connectivity index is 1.56. The van der Waals surface area contributed by atoms with E-state index in [0.717, 1.165) is 41.3 Å². The number of urea groups is 1. The van der Waals surface area contributed by atoms with Crippen molar-refractivity contribution in [1.82, 2.24) is 4.90 Å². The zero-order valence-electron chi connectivity index (χ0n) is 16.1. The van der Waals surface area contributed by atoms with Crippen LogP contribution in [0.2, 0.25) is 0 Å². The normalized spacial score (nSPS) is 14.0. The van der Waals surface area contributed by atoms with Gasteiger partial charge < -0.3 is 20.4 Å². The number of nitrogens with zero attached hydrogens (tertiary/aromatic N) is 2. The van der Waals surface area contributed by atoms with Gasteiger partial charge in [0.05, 0.1) is 0 Å². The number of benzene rings is 2. The highest BCUT2D eigenvalue weighted by molar-refractivity contribution is 5.90. The van der Waals surface area contributed by atoms with Gasteiger partial charge in [0.15, 0.2) is 0 Å².